The van der Waals surface area contributed by atoms with Crippen molar-refractivity contribution in [1.29, 1.82) is 5.26 Å². The average molecular weight is 306 g/mol. The lowest BCUT2D eigenvalue weighted by Gasteiger charge is -2.40. The predicted octanol–water partition coefficient (Wildman–Crippen LogP) is 2.71. The van der Waals surface area contributed by atoms with Crippen molar-refractivity contribution in [2.24, 2.45) is 0 Å². The van der Waals surface area contributed by atoms with E-state index in [1.54, 1.807) is 12.1 Å². The van der Waals surface area contributed by atoms with Crippen LogP contribution < -0.4 is 0 Å². The zero-order valence-corrected chi connectivity index (χ0v) is 13.4. The molecule has 1 aromatic carbocycles. The van der Waals surface area contributed by atoms with E-state index in [2.05, 4.69) is 11.0 Å². The number of hydrogen-bond donors (Lipinski definition) is 0. The van der Waals surface area contributed by atoms with Crippen LogP contribution in [0.4, 0.5) is 0 Å². The van der Waals surface area contributed by atoms with Crippen LogP contribution in [0.25, 0.3) is 0 Å². The minimum atomic E-state index is -0.481. The van der Waals surface area contributed by atoms with Gasteiger partial charge in [-0.1, -0.05) is 11.6 Å². The lowest BCUT2D eigenvalue weighted by molar-refractivity contribution is 0.0520. The van der Waals surface area contributed by atoms with Crippen LogP contribution in [0.1, 0.15) is 29.8 Å². The van der Waals surface area contributed by atoms with Crippen molar-refractivity contribution in [3.63, 3.8) is 0 Å². The van der Waals surface area contributed by atoms with E-state index in [4.69, 9.17) is 11.6 Å². The second-order valence-corrected chi connectivity index (χ2v) is 6.35. The first kappa shape index (κ1) is 15.8. The van der Waals surface area contributed by atoms with Crippen molar-refractivity contribution in [2.75, 3.05) is 26.2 Å². The van der Waals surface area contributed by atoms with E-state index in [-0.39, 0.29) is 5.91 Å². The van der Waals surface area contributed by atoms with Crippen LogP contribution in [0.2, 0.25) is 5.02 Å². The highest BCUT2D eigenvalue weighted by atomic mass is 35.5. The standard InChI is InChI=1S/C16H20ClN3O/c1-12-10-13(17)4-5-14(12)15(21)19-6-8-20(9-7-19)16(2,3)11-18/h4-5,10H,6-9H2,1-3H3. The molecular weight excluding hydrogens is 286 g/mol. The number of carbonyl (C=O) groups is 1. The first-order chi connectivity index (χ1) is 9.85. The van der Waals surface area contributed by atoms with Gasteiger partial charge in [0.2, 0.25) is 0 Å². The number of nitrogens with zero attached hydrogens (tertiary/aromatic N) is 3. The van der Waals surface area contributed by atoms with Crippen LogP contribution in [0.15, 0.2) is 18.2 Å². The van der Waals surface area contributed by atoms with Crippen LogP contribution >= 0.6 is 11.6 Å². The third-order valence-electron chi connectivity index (χ3n) is 4.05. The summed E-state index contributed by atoms with van der Waals surface area (Å²) in [6.45, 7) is 8.45. The van der Waals surface area contributed by atoms with Crippen LogP contribution in [0, 0.1) is 18.3 Å². The first-order valence-corrected chi connectivity index (χ1v) is 7.44. The van der Waals surface area contributed by atoms with Crippen molar-refractivity contribution < 1.29 is 4.79 Å². The van der Waals surface area contributed by atoms with Crippen molar-refractivity contribution in [2.45, 2.75) is 26.3 Å². The molecule has 1 saturated heterocycles. The second-order valence-electron chi connectivity index (χ2n) is 5.91. The number of nitriles is 1. The average Bonchev–Trinajstić information content (AvgIpc) is 2.47. The molecule has 0 N–H and O–H groups in total. The van der Waals surface area contributed by atoms with Crippen LogP contribution in [-0.2, 0) is 0 Å². The van der Waals surface area contributed by atoms with E-state index < -0.39 is 5.54 Å². The number of hydrogen-bond acceptors (Lipinski definition) is 3. The number of aryl methyl sites for hydroxylation is 1. The zero-order valence-electron chi connectivity index (χ0n) is 12.7. The van der Waals surface area contributed by atoms with Gasteiger partial charge in [0.1, 0.15) is 5.54 Å². The summed E-state index contributed by atoms with van der Waals surface area (Å²) >= 11 is 5.93. The highest BCUT2D eigenvalue weighted by Crippen LogP contribution is 2.20. The maximum Gasteiger partial charge on any atom is 0.254 e. The molecule has 1 fully saturated rings. The fraction of sp³-hybridized carbons (Fsp3) is 0.500. The smallest absolute Gasteiger partial charge is 0.254 e. The van der Waals surface area contributed by atoms with Crippen molar-refractivity contribution >= 4 is 17.5 Å². The summed E-state index contributed by atoms with van der Waals surface area (Å²) in [6.07, 6.45) is 0. The first-order valence-electron chi connectivity index (χ1n) is 7.07. The van der Waals surface area contributed by atoms with Crippen LogP contribution in [-0.4, -0.2) is 47.4 Å². The van der Waals surface area contributed by atoms with Crippen LogP contribution in [0.3, 0.4) is 0 Å². The van der Waals surface area contributed by atoms with Gasteiger partial charge in [0.25, 0.3) is 5.91 Å². The van der Waals surface area contributed by atoms with Crippen molar-refractivity contribution in [1.82, 2.24) is 9.80 Å². The highest BCUT2D eigenvalue weighted by Gasteiger charge is 2.31. The van der Waals surface area contributed by atoms with Gasteiger partial charge in [0.05, 0.1) is 6.07 Å². The fourth-order valence-corrected chi connectivity index (χ4v) is 2.80. The molecule has 1 aromatic rings. The SMILES string of the molecule is Cc1cc(Cl)ccc1C(=O)N1CCN(C(C)(C)C#N)CC1. The normalized spacial score (nSPS) is 16.6. The predicted molar refractivity (Wildman–Crippen MR) is 83.4 cm³/mol. The van der Waals surface area contributed by atoms with Gasteiger partial charge in [-0.2, -0.15) is 5.26 Å². The molecule has 2 rings (SSSR count). The third kappa shape index (κ3) is 3.37. The molecule has 0 saturated carbocycles. The van der Waals surface area contributed by atoms with E-state index in [0.29, 0.717) is 23.7 Å². The zero-order chi connectivity index (χ0) is 15.6. The molecule has 1 aliphatic heterocycles. The van der Waals surface area contributed by atoms with Gasteiger partial charge in [-0.3, -0.25) is 9.69 Å². The van der Waals surface area contributed by atoms with Gasteiger partial charge in [-0.15, -0.1) is 0 Å². The van der Waals surface area contributed by atoms with Gasteiger partial charge >= 0.3 is 0 Å². The molecule has 0 radical (unpaired) electrons. The second kappa shape index (κ2) is 6.05. The minimum Gasteiger partial charge on any atom is -0.336 e. The molecule has 112 valence electrons. The summed E-state index contributed by atoms with van der Waals surface area (Å²) in [4.78, 5) is 16.5. The minimum absolute atomic E-state index is 0.0404. The summed E-state index contributed by atoms with van der Waals surface area (Å²) in [5, 5.41) is 9.82. The third-order valence-corrected chi connectivity index (χ3v) is 4.29. The summed E-state index contributed by atoms with van der Waals surface area (Å²) in [5.41, 5.74) is 1.12. The molecule has 1 heterocycles. The topological polar surface area (TPSA) is 47.3 Å². The lowest BCUT2D eigenvalue weighted by atomic mass is 10.0. The molecule has 0 bridgehead atoms. The molecule has 1 aliphatic rings. The van der Waals surface area contributed by atoms with Gasteiger partial charge in [-0.05, 0) is 44.5 Å². The highest BCUT2D eigenvalue weighted by molar-refractivity contribution is 6.30. The molecule has 0 unspecified atom stereocenters. The fourth-order valence-electron chi connectivity index (χ4n) is 2.58. The number of rotatable bonds is 2. The van der Waals surface area contributed by atoms with Gasteiger partial charge < -0.3 is 4.90 Å². The van der Waals surface area contributed by atoms with E-state index in [1.165, 1.54) is 0 Å². The summed E-state index contributed by atoms with van der Waals surface area (Å²) in [6, 6.07) is 7.65. The summed E-state index contributed by atoms with van der Waals surface area (Å²) in [7, 11) is 0. The number of carbonyl (C=O) groups excluding carboxylic acids is 1. The molecule has 4 nitrogen and oxygen atoms in total. The van der Waals surface area contributed by atoms with E-state index >= 15 is 0 Å². The van der Waals surface area contributed by atoms with E-state index in [1.807, 2.05) is 31.7 Å². The quantitative estimate of drug-likeness (QED) is 0.844. The van der Waals surface area contributed by atoms with Crippen molar-refractivity contribution in [3.05, 3.63) is 34.3 Å². The summed E-state index contributed by atoms with van der Waals surface area (Å²) in [5.74, 6) is 0.0404. The van der Waals surface area contributed by atoms with Crippen LogP contribution in [0.5, 0.6) is 0 Å². The Morgan fingerprint density at radius 1 is 1.29 bits per heavy atom. The maximum atomic E-state index is 12.6. The number of piperazine rings is 1. The number of amides is 1. The Balaban J connectivity index is 2.06. The number of benzene rings is 1. The molecule has 0 spiro atoms. The Morgan fingerprint density at radius 2 is 1.90 bits per heavy atom. The molecule has 0 aliphatic carbocycles. The Hall–Kier alpha value is -1.57. The van der Waals surface area contributed by atoms with Crippen molar-refractivity contribution in [3.8, 4) is 6.07 Å². The Kier molecular flexibility index (Phi) is 4.55. The Bertz CT molecular complexity index is 584. The maximum absolute atomic E-state index is 12.6. The molecule has 21 heavy (non-hydrogen) atoms. The van der Waals surface area contributed by atoms with Gasteiger partial charge in [0.15, 0.2) is 0 Å². The Labute approximate surface area is 130 Å². The largest absolute Gasteiger partial charge is 0.336 e. The molecule has 0 aromatic heterocycles. The molecule has 1 amide bonds. The molecular formula is C16H20ClN3O. The molecule has 5 heteroatoms. The molecule has 0 atom stereocenters. The van der Waals surface area contributed by atoms with E-state index in [0.717, 1.165) is 18.7 Å². The monoisotopic (exact) mass is 305 g/mol. The lowest BCUT2D eigenvalue weighted by Crippen LogP contribution is -2.55. The van der Waals surface area contributed by atoms with Gasteiger partial charge in [-0.25, -0.2) is 0 Å². The Morgan fingerprint density at radius 3 is 2.43 bits per heavy atom. The number of halogens is 1. The summed E-state index contributed by atoms with van der Waals surface area (Å²) < 4.78 is 0. The van der Waals surface area contributed by atoms with E-state index in [9.17, 15) is 10.1 Å². The van der Waals surface area contributed by atoms with Gasteiger partial charge in [0, 0.05) is 36.8 Å².